The monoisotopic (exact) mass is 264 g/mol. The predicted octanol–water partition coefficient (Wildman–Crippen LogP) is 1.36. The number of esters is 1. The second-order valence-corrected chi connectivity index (χ2v) is 4.06. The summed E-state index contributed by atoms with van der Waals surface area (Å²) in [7, 11) is 1.27. The van der Waals surface area contributed by atoms with Gasteiger partial charge in [-0.2, -0.15) is 0 Å². The van der Waals surface area contributed by atoms with Gasteiger partial charge in [0.25, 0.3) is 0 Å². The molecule has 1 unspecified atom stereocenters. The topological polar surface area (TPSA) is 65.0 Å². The summed E-state index contributed by atoms with van der Waals surface area (Å²) in [4.78, 5) is 11.9. The van der Waals surface area contributed by atoms with Gasteiger partial charge in [0.1, 0.15) is 5.75 Å². The molecule has 1 heterocycles. The molecule has 1 atom stereocenters. The molecule has 1 aliphatic heterocycles. The third kappa shape index (κ3) is 2.77. The average Bonchev–Trinajstić information content (AvgIpc) is 2.46. The first-order chi connectivity index (χ1) is 9.22. The molecule has 0 aromatic heterocycles. The van der Waals surface area contributed by atoms with E-state index in [1.54, 1.807) is 12.1 Å². The third-order valence-electron chi connectivity index (χ3n) is 2.75. The van der Waals surface area contributed by atoms with E-state index in [-0.39, 0.29) is 13.2 Å². The van der Waals surface area contributed by atoms with Crippen LogP contribution in [0.2, 0.25) is 0 Å². The Labute approximate surface area is 111 Å². The Morgan fingerprint density at radius 2 is 2.21 bits per heavy atom. The summed E-state index contributed by atoms with van der Waals surface area (Å²) in [5, 5.41) is 8.78. The summed E-state index contributed by atoms with van der Waals surface area (Å²) in [6.07, 6.45) is 3.70. The van der Waals surface area contributed by atoms with E-state index < -0.39 is 11.8 Å². The number of carbonyl (C=O) groups is 1. The van der Waals surface area contributed by atoms with Gasteiger partial charge in [-0.1, -0.05) is 18.2 Å². The van der Waals surface area contributed by atoms with Crippen LogP contribution in [0.4, 0.5) is 0 Å². The number of benzene rings is 1. The first kappa shape index (κ1) is 13.6. The minimum Gasteiger partial charge on any atom is -0.464 e. The summed E-state index contributed by atoms with van der Waals surface area (Å²) in [5.74, 6) is -1.64. The third-order valence-corrected chi connectivity index (χ3v) is 2.75. The first-order valence-electron chi connectivity index (χ1n) is 6.02. The number of fused-ring (bicyclic) bond motifs is 1. The van der Waals surface area contributed by atoms with Crippen molar-refractivity contribution in [3.63, 3.8) is 0 Å². The normalized spacial score (nSPS) is 20.5. The predicted molar refractivity (Wildman–Crippen MR) is 68.5 cm³/mol. The Morgan fingerprint density at radius 3 is 2.95 bits per heavy atom. The van der Waals surface area contributed by atoms with Crippen molar-refractivity contribution in [3.05, 3.63) is 35.9 Å². The lowest BCUT2D eigenvalue weighted by Crippen LogP contribution is -2.47. The zero-order valence-corrected chi connectivity index (χ0v) is 10.7. The summed E-state index contributed by atoms with van der Waals surface area (Å²) in [5.41, 5.74) is 0.868. The van der Waals surface area contributed by atoms with Crippen LogP contribution in [-0.4, -0.2) is 37.2 Å². The summed E-state index contributed by atoms with van der Waals surface area (Å²) in [6.45, 7) is 0.176. The van der Waals surface area contributed by atoms with E-state index in [1.807, 2.05) is 18.2 Å². The minimum atomic E-state index is -1.57. The van der Waals surface area contributed by atoms with Gasteiger partial charge in [-0.15, -0.1) is 0 Å². The molecule has 1 aliphatic rings. The van der Waals surface area contributed by atoms with Crippen molar-refractivity contribution >= 4 is 12.0 Å². The van der Waals surface area contributed by atoms with Crippen LogP contribution in [0.15, 0.2) is 30.3 Å². The highest BCUT2D eigenvalue weighted by Crippen LogP contribution is 2.32. The number of hydrogen-bond acceptors (Lipinski definition) is 5. The number of aliphatic hydroxyl groups excluding tert-OH is 1. The van der Waals surface area contributed by atoms with Crippen LogP contribution in [-0.2, 0) is 14.3 Å². The molecule has 0 bridgehead atoms. The van der Waals surface area contributed by atoms with Crippen molar-refractivity contribution in [2.24, 2.45) is 0 Å². The van der Waals surface area contributed by atoms with Crippen molar-refractivity contribution in [1.29, 1.82) is 0 Å². The fourth-order valence-corrected chi connectivity index (χ4v) is 1.78. The first-order valence-corrected chi connectivity index (χ1v) is 6.02. The molecule has 0 spiro atoms. The lowest BCUT2D eigenvalue weighted by molar-refractivity contribution is -0.199. The Kier molecular flexibility index (Phi) is 4.19. The molecular weight excluding hydrogens is 248 g/mol. The smallest absolute Gasteiger partial charge is 0.384 e. The van der Waals surface area contributed by atoms with Crippen LogP contribution in [0, 0.1) is 0 Å². The summed E-state index contributed by atoms with van der Waals surface area (Å²) >= 11 is 0. The number of methoxy groups -OCH3 is 1. The molecule has 2 rings (SSSR count). The van der Waals surface area contributed by atoms with Crippen molar-refractivity contribution in [1.82, 2.24) is 0 Å². The minimum absolute atomic E-state index is 0.0163. The quantitative estimate of drug-likeness (QED) is 0.642. The molecule has 1 aromatic carbocycles. The number of para-hydroxylation sites is 1. The molecule has 102 valence electrons. The lowest BCUT2D eigenvalue weighted by Gasteiger charge is -2.31. The van der Waals surface area contributed by atoms with Crippen molar-refractivity contribution in [2.75, 3.05) is 20.3 Å². The molecule has 0 radical (unpaired) electrons. The highest BCUT2D eigenvalue weighted by molar-refractivity contribution is 5.83. The van der Waals surface area contributed by atoms with Gasteiger partial charge >= 0.3 is 11.8 Å². The largest absolute Gasteiger partial charge is 0.464 e. The second kappa shape index (κ2) is 5.86. The van der Waals surface area contributed by atoms with Gasteiger partial charge in [0.2, 0.25) is 0 Å². The maximum atomic E-state index is 11.9. The van der Waals surface area contributed by atoms with Crippen molar-refractivity contribution in [3.8, 4) is 5.75 Å². The van der Waals surface area contributed by atoms with E-state index in [0.717, 1.165) is 5.56 Å². The van der Waals surface area contributed by atoms with E-state index in [9.17, 15) is 4.79 Å². The lowest BCUT2D eigenvalue weighted by atomic mass is 10.1. The maximum absolute atomic E-state index is 11.9. The van der Waals surface area contributed by atoms with Crippen molar-refractivity contribution < 1.29 is 24.1 Å². The molecule has 1 aromatic rings. The number of rotatable bonds is 5. The van der Waals surface area contributed by atoms with E-state index in [0.29, 0.717) is 12.2 Å². The highest BCUT2D eigenvalue weighted by Gasteiger charge is 2.43. The van der Waals surface area contributed by atoms with Gasteiger partial charge < -0.3 is 19.3 Å². The second-order valence-electron chi connectivity index (χ2n) is 4.06. The molecule has 0 amide bonds. The van der Waals surface area contributed by atoms with Crippen LogP contribution in [0.5, 0.6) is 5.75 Å². The van der Waals surface area contributed by atoms with E-state index >= 15 is 0 Å². The number of carbonyl (C=O) groups excluding carboxylic acids is 1. The summed E-state index contributed by atoms with van der Waals surface area (Å²) in [6, 6.07) is 7.32. The van der Waals surface area contributed by atoms with Crippen LogP contribution in [0.1, 0.15) is 12.0 Å². The Morgan fingerprint density at radius 1 is 1.42 bits per heavy atom. The van der Waals surface area contributed by atoms with Crippen LogP contribution in [0.3, 0.4) is 0 Å². The Hall–Kier alpha value is -1.85. The molecule has 1 N–H and O–H groups in total. The van der Waals surface area contributed by atoms with Gasteiger partial charge in [0.05, 0.1) is 13.7 Å². The standard InChI is InChI=1S/C14H16O5/c1-17-13(16)14(18-10-4-9-15)8-7-11-5-2-3-6-12(11)19-14/h2-3,5-8,15H,4,9-10H2,1H3. The molecule has 0 fully saturated rings. The molecule has 19 heavy (non-hydrogen) atoms. The van der Waals surface area contributed by atoms with Gasteiger partial charge in [0, 0.05) is 12.2 Å². The fourth-order valence-electron chi connectivity index (χ4n) is 1.78. The number of ether oxygens (including phenoxy) is 3. The maximum Gasteiger partial charge on any atom is 0.384 e. The van der Waals surface area contributed by atoms with E-state index in [4.69, 9.17) is 19.3 Å². The number of hydrogen-bond donors (Lipinski definition) is 1. The van der Waals surface area contributed by atoms with Crippen LogP contribution >= 0.6 is 0 Å². The van der Waals surface area contributed by atoms with Crippen LogP contribution in [0.25, 0.3) is 6.08 Å². The number of aliphatic hydroxyl groups is 1. The highest BCUT2D eigenvalue weighted by atomic mass is 16.7. The Bertz CT molecular complexity index is 482. The van der Waals surface area contributed by atoms with Crippen molar-refractivity contribution in [2.45, 2.75) is 12.2 Å². The van der Waals surface area contributed by atoms with Gasteiger partial charge in [-0.05, 0) is 24.6 Å². The molecule has 0 saturated heterocycles. The average molecular weight is 264 g/mol. The van der Waals surface area contributed by atoms with Gasteiger partial charge in [-0.3, -0.25) is 0 Å². The molecule has 5 heteroatoms. The van der Waals surface area contributed by atoms with E-state index in [2.05, 4.69) is 0 Å². The van der Waals surface area contributed by atoms with Crippen LogP contribution < -0.4 is 4.74 Å². The Balaban J connectivity index is 2.24. The summed E-state index contributed by atoms with van der Waals surface area (Å²) < 4.78 is 15.9. The molecular formula is C14H16O5. The zero-order valence-electron chi connectivity index (χ0n) is 10.7. The molecule has 0 aliphatic carbocycles. The molecule has 5 nitrogen and oxygen atoms in total. The van der Waals surface area contributed by atoms with Gasteiger partial charge in [-0.25, -0.2) is 4.79 Å². The zero-order chi connectivity index (χ0) is 13.7. The van der Waals surface area contributed by atoms with E-state index in [1.165, 1.54) is 13.2 Å². The fraction of sp³-hybridized carbons (Fsp3) is 0.357. The SMILES string of the molecule is COC(=O)C1(OCCCO)C=Cc2ccccc2O1. The molecule has 0 saturated carbocycles. The van der Waals surface area contributed by atoms with Gasteiger partial charge in [0.15, 0.2) is 0 Å².